The van der Waals surface area contributed by atoms with Crippen LogP contribution in [0.15, 0.2) is 65.8 Å². The first-order valence-corrected chi connectivity index (χ1v) is 9.10. The van der Waals surface area contributed by atoms with E-state index in [1.165, 1.54) is 6.07 Å². The van der Waals surface area contributed by atoms with Gasteiger partial charge in [0.15, 0.2) is 18.7 Å². The van der Waals surface area contributed by atoms with Crippen molar-refractivity contribution in [3.8, 4) is 22.5 Å². The largest absolute Gasteiger partial charge is 0.346 e. The minimum Gasteiger partial charge on any atom is -0.346 e. The summed E-state index contributed by atoms with van der Waals surface area (Å²) >= 11 is 6.50. The Hall–Kier alpha value is -3.51. The molecule has 0 spiro atoms. The van der Waals surface area contributed by atoms with Crippen molar-refractivity contribution >= 4 is 33.5 Å². The zero-order valence-electron chi connectivity index (χ0n) is 14.9. The number of H-pyrrole nitrogens is 2. The third-order valence-electron chi connectivity index (χ3n) is 4.73. The molecule has 0 saturated heterocycles. The SMILES string of the molecule is C[n+]1ccc(-c2nc3[nH]ccc(=O)c3cc2-c2cc(Cl)c3ncccc3c2)[nH]1. The van der Waals surface area contributed by atoms with E-state index in [-0.39, 0.29) is 5.43 Å². The summed E-state index contributed by atoms with van der Waals surface area (Å²) in [6.07, 6.45) is 5.24. The Morgan fingerprint density at radius 3 is 2.86 bits per heavy atom. The van der Waals surface area contributed by atoms with Crippen LogP contribution in [0.3, 0.4) is 0 Å². The molecule has 6 nitrogen and oxygen atoms in total. The molecule has 0 atom stereocenters. The number of hydrogen-bond donors (Lipinski definition) is 2. The molecule has 0 bridgehead atoms. The lowest BCUT2D eigenvalue weighted by Crippen LogP contribution is -2.28. The molecule has 0 amide bonds. The third-order valence-corrected chi connectivity index (χ3v) is 5.02. The molecular formula is C21H15ClN5O+. The summed E-state index contributed by atoms with van der Waals surface area (Å²) in [6, 6.07) is 13.0. The topological polar surface area (TPSA) is 78.3 Å². The number of hydrogen-bond acceptors (Lipinski definition) is 3. The van der Waals surface area contributed by atoms with Gasteiger partial charge >= 0.3 is 0 Å². The average Bonchev–Trinajstić information content (AvgIpc) is 3.14. The number of aromatic amines is 2. The predicted molar refractivity (Wildman–Crippen MR) is 109 cm³/mol. The van der Waals surface area contributed by atoms with Crippen LogP contribution in [0.25, 0.3) is 44.5 Å². The van der Waals surface area contributed by atoms with Crippen molar-refractivity contribution in [3.05, 3.63) is 76.3 Å². The Balaban J connectivity index is 1.87. The molecule has 1 aromatic carbocycles. The highest BCUT2D eigenvalue weighted by atomic mass is 35.5. The quantitative estimate of drug-likeness (QED) is 0.453. The van der Waals surface area contributed by atoms with E-state index in [0.717, 1.165) is 33.4 Å². The van der Waals surface area contributed by atoms with Crippen LogP contribution in [0.2, 0.25) is 5.02 Å². The third kappa shape index (κ3) is 2.66. The highest BCUT2D eigenvalue weighted by Crippen LogP contribution is 2.35. The summed E-state index contributed by atoms with van der Waals surface area (Å²) in [7, 11) is 1.91. The van der Waals surface area contributed by atoms with E-state index in [1.54, 1.807) is 12.4 Å². The molecule has 0 aliphatic rings. The maximum Gasteiger partial charge on any atom is 0.195 e. The molecule has 0 aliphatic heterocycles. The Bertz CT molecular complexity index is 1420. The van der Waals surface area contributed by atoms with E-state index in [4.69, 9.17) is 16.6 Å². The lowest BCUT2D eigenvalue weighted by molar-refractivity contribution is -0.726. The normalized spacial score (nSPS) is 11.4. The minimum atomic E-state index is -0.0837. The summed E-state index contributed by atoms with van der Waals surface area (Å²) in [5.41, 5.74) is 4.46. The zero-order chi connectivity index (χ0) is 19.3. The molecule has 0 saturated carbocycles. The van der Waals surface area contributed by atoms with Gasteiger partial charge in [0, 0.05) is 35.5 Å². The summed E-state index contributed by atoms with van der Waals surface area (Å²) < 4.78 is 1.84. The van der Waals surface area contributed by atoms with Crippen molar-refractivity contribution in [2.24, 2.45) is 7.05 Å². The molecule has 7 heteroatoms. The van der Waals surface area contributed by atoms with Crippen molar-refractivity contribution in [1.29, 1.82) is 0 Å². The maximum absolute atomic E-state index is 12.4. The van der Waals surface area contributed by atoms with Crippen LogP contribution in [0.1, 0.15) is 0 Å². The van der Waals surface area contributed by atoms with Crippen molar-refractivity contribution in [1.82, 2.24) is 20.1 Å². The molecule has 2 N–H and O–H groups in total. The number of nitrogens with zero attached hydrogens (tertiary/aromatic N) is 3. The molecule has 0 unspecified atom stereocenters. The van der Waals surface area contributed by atoms with Gasteiger partial charge < -0.3 is 4.98 Å². The van der Waals surface area contributed by atoms with Crippen molar-refractivity contribution in [3.63, 3.8) is 0 Å². The number of pyridine rings is 3. The van der Waals surface area contributed by atoms with Crippen LogP contribution in [-0.2, 0) is 7.05 Å². The van der Waals surface area contributed by atoms with Crippen LogP contribution in [-0.4, -0.2) is 20.1 Å². The molecule has 4 heterocycles. The first-order valence-electron chi connectivity index (χ1n) is 8.72. The van der Waals surface area contributed by atoms with Gasteiger partial charge in [0.1, 0.15) is 17.0 Å². The van der Waals surface area contributed by atoms with E-state index in [2.05, 4.69) is 15.1 Å². The van der Waals surface area contributed by atoms with E-state index in [0.29, 0.717) is 16.1 Å². The van der Waals surface area contributed by atoms with Gasteiger partial charge in [-0.3, -0.25) is 9.78 Å². The van der Waals surface area contributed by atoms with Gasteiger partial charge in [-0.15, -0.1) is 4.68 Å². The molecule has 0 radical (unpaired) electrons. The van der Waals surface area contributed by atoms with Crippen molar-refractivity contribution in [2.75, 3.05) is 0 Å². The Morgan fingerprint density at radius 1 is 1.14 bits per heavy atom. The summed E-state index contributed by atoms with van der Waals surface area (Å²) in [6.45, 7) is 0. The van der Waals surface area contributed by atoms with Crippen molar-refractivity contribution < 1.29 is 4.68 Å². The van der Waals surface area contributed by atoms with Gasteiger partial charge in [-0.25, -0.2) is 4.98 Å². The molecule has 0 fully saturated rings. The number of benzene rings is 1. The molecule has 4 aromatic heterocycles. The monoisotopic (exact) mass is 388 g/mol. The highest BCUT2D eigenvalue weighted by Gasteiger charge is 2.17. The lowest BCUT2D eigenvalue weighted by Gasteiger charge is -2.11. The number of rotatable bonds is 2. The van der Waals surface area contributed by atoms with E-state index < -0.39 is 0 Å². The van der Waals surface area contributed by atoms with Gasteiger partial charge in [0.05, 0.1) is 15.9 Å². The second kappa shape index (κ2) is 6.28. The van der Waals surface area contributed by atoms with Crippen molar-refractivity contribution in [2.45, 2.75) is 0 Å². The van der Waals surface area contributed by atoms with Crippen LogP contribution in [0, 0.1) is 0 Å². The molecule has 28 heavy (non-hydrogen) atoms. The van der Waals surface area contributed by atoms with E-state index in [9.17, 15) is 4.79 Å². The minimum absolute atomic E-state index is 0.0837. The summed E-state index contributed by atoms with van der Waals surface area (Å²) in [5.74, 6) is 0. The molecule has 0 aliphatic carbocycles. The standard InChI is InChI=1S/C21H14ClN5O/c1-27-8-5-17(26-27)20-14(11-15-18(28)4-7-24-21(15)25-20)13-9-12-3-2-6-23-19(12)16(22)10-13/h2-11H,1H3,(H,24,25,28)/p+1. The van der Waals surface area contributed by atoms with Crippen LogP contribution < -0.4 is 10.1 Å². The Morgan fingerprint density at radius 2 is 2.04 bits per heavy atom. The van der Waals surface area contributed by atoms with E-state index >= 15 is 0 Å². The van der Waals surface area contributed by atoms with Gasteiger partial charge in [0.2, 0.25) is 0 Å². The van der Waals surface area contributed by atoms with Gasteiger partial charge in [-0.05, 0) is 29.8 Å². The fourth-order valence-electron chi connectivity index (χ4n) is 3.41. The lowest BCUT2D eigenvalue weighted by atomic mass is 9.99. The van der Waals surface area contributed by atoms with Gasteiger partial charge in [0.25, 0.3) is 0 Å². The van der Waals surface area contributed by atoms with Crippen LogP contribution >= 0.6 is 11.6 Å². The molecule has 136 valence electrons. The number of fused-ring (bicyclic) bond motifs is 2. The second-order valence-corrected chi connectivity index (χ2v) is 7.02. The first-order chi connectivity index (χ1) is 13.6. The predicted octanol–water partition coefficient (Wildman–Crippen LogP) is 3.61. The number of halogens is 1. The van der Waals surface area contributed by atoms with Crippen LogP contribution in [0.5, 0.6) is 0 Å². The fourth-order valence-corrected chi connectivity index (χ4v) is 3.68. The highest BCUT2D eigenvalue weighted by molar-refractivity contribution is 6.35. The number of aryl methyl sites for hydroxylation is 1. The van der Waals surface area contributed by atoms with Crippen LogP contribution in [0.4, 0.5) is 0 Å². The molecular weight excluding hydrogens is 374 g/mol. The molecule has 5 rings (SSSR count). The second-order valence-electron chi connectivity index (χ2n) is 6.61. The van der Waals surface area contributed by atoms with Gasteiger partial charge in [-0.1, -0.05) is 17.7 Å². The molecule has 5 aromatic rings. The fraction of sp³-hybridized carbons (Fsp3) is 0.0476. The average molecular weight is 389 g/mol. The number of nitrogens with one attached hydrogen (secondary N) is 2. The van der Waals surface area contributed by atoms with Gasteiger partial charge in [-0.2, -0.15) is 5.10 Å². The smallest absolute Gasteiger partial charge is 0.195 e. The first kappa shape index (κ1) is 16.6. The van der Waals surface area contributed by atoms with E-state index in [1.807, 2.05) is 54.3 Å². The number of aromatic nitrogens is 5. The Labute approximate surface area is 164 Å². The Kier molecular flexibility index (Phi) is 3.74. The summed E-state index contributed by atoms with van der Waals surface area (Å²) in [4.78, 5) is 24.5. The zero-order valence-corrected chi connectivity index (χ0v) is 15.7. The summed E-state index contributed by atoms with van der Waals surface area (Å²) in [5, 5.41) is 5.26. The maximum atomic E-state index is 12.4.